The highest BCUT2D eigenvalue weighted by molar-refractivity contribution is 5.93. The average Bonchev–Trinajstić information content (AvgIpc) is 3.35. The fraction of sp³-hybridized carbons (Fsp3) is 0.433. The van der Waals surface area contributed by atoms with Gasteiger partial charge < -0.3 is 5.11 Å². The summed E-state index contributed by atoms with van der Waals surface area (Å²) in [4.78, 5) is 0. The Morgan fingerprint density at radius 1 is 1.06 bits per heavy atom. The summed E-state index contributed by atoms with van der Waals surface area (Å²) in [7, 11) is 0. The van der Waals surface area contributed by atoms with Crippen molar-refractivity contribution in [1.82, 2.24) is 9.78 Å². The number of phenols is 1. The zero-order chi connectivity index (χ0) is 24.2. The van der Waals surface area contributed by atoms with Crippen molar-refractivity contribution in [2.24, 2.45) is 27.5 Å². The fourth-order valence-corrected chi connectivity index (χ4v) is 7.34. The SMILES string of the molecule is Cc1nn(-c2ccccc2)c(C)c1/C=N\N=C1\CC[C@@H]2[C@@H]3CCc4cc(O)ccc4[C@H]3CC[C@]12C. The molecule has 0 amide bonds. The minimum Gasteiger partial charge on any atom is -0.508 e. The topological polar surface area (TPSA) is 62.8 Å². The molecule has 2 saturated carbocycles. The van der Waals surface area contributed by atoms with Gasteiger partial charge in [-0.3, -0.25) is 0 Å². The van der Waals surface area contributed by atoms with Gasteiger partial charge in [0.15, 0.2) is 0 Å². The predicted octanol–water partition coefficient (Wildman–Crippen LogP) is 6.53. The molecule has 3 aromatic rings. The summed E-state index contributed by atoms with van der Waals surface area (Å²) in [5, 5.41) is 24.1. The van der Waals surface area contributed by atoms with Gasteiger partial charge in [-0.05, 0) is 106 Å². The first kappa shape index (κ1) is 22.3. The largest absolute Gasteiger partial charge is 0.508 e. The first-order valence-corrected chi connectivity index (χ1v) is 13.0. The van der Waals surface area contributed by atoms with Crippen LogP contribution in [0.3, 0.4) is 0 Å². The number of aromatic nitrogens is 2. The van der Waals surface area contributed by atoms with Crippen molar-refractivity contribution in [2.45, 2.75) is 65.2 Å². The number of hydrogen-bond donors (Lipinski definition) is 1. The number of benzene rings is 2. The molecule has 5 heteroatoms. The lowest BCUT2D eigenvalue weighted by Crippen LogP contribution is -2.42. The number of para-hydroxylation sites is 1. The smallest absolute Gasteiger partial charge is 0.115 e. The first-order valence-electron chi connectivity index (χ1n) is 13.0. The van der Waals surface area contributed by atoms with Crippen molar-refractivity contribution in [1.29, 1.82) is 0 Å². The van der Waals surface area contributed by atoms with Crippen LogP contribution in [0.15, 0.2) is 58.7 Å². The third-order valence-electron chi connectivity index (χ3n) is 9.16. The molecule has 2 fully saturated rings. The van der Waals surface area contributed by atoms with Crippen LogP contribution in [0, 0.1) is 31.1 Å². The summed E-state index contributed by atoms with van der Waals surface area (Å²) in [6.45, 7) is 6.57. The van der Waals surface area contributed by atoms with Crippen LogP contribution in [0.4, 0.5) is 0 Å². The summed E-state index contributed by atoms with van der Waals surface area (Å²) in [6.07, 6.45) is 8.81. The Bertz CT molecular complexity index is 1320. The molecule has 35 heavy (non-hydrogen) atoms. The summed E-state index contributed by atoms with van der Waals surface area (Å²) in [5.74, 6) is 2.39. The summed E-state index contributed by atoms with van der Waals surface area (Å²) in [6, 6.07) is 16.3. The van der Waals surface area contributed by atoms with Gasteiger partial charge in [0, 0.05) is 16.7 Å². The molecular formula is C30H34N4O. The molecule has 1 N–H and O–H groups in total. The van der Waals surface area contributed by atoms with Gasteiger partial charge in [-0.15, -0.1) is 0 Å². The molecule has 6 rings (SSSR count). The second-order valence-electron chi connectivity index (χ2n) is 10.9. The van der Waals surface area contributed by atoms with E-state index in [0.717, 1.165) is 41.9 Å². The molecule has 1 aromatic heterocycles. The summed E-state index contributed by atoms with van der Waals surface area (Å²) in [5.41, 5.74) is 8.42. The highest BCUT2D eigenvalue weighted by Crippen LogP contribution is 2.60. The van der Waals surface area contributed by atoms with E-state index in [4.69, 9.17) is 10.2 Å². The molecule has 1 heterocycles. The Morgan fingerprint density at radius 3 is 2.71 bits per heavy atom. The van der Waals surface area contributed by atoms with Crippen LogP contribution in [0.1, 0.15) is 73.0 Å². The maximum Gasteiger partial charge on any atom is 0.115 e. The quantitative estimate of drug-likeness (QED) is 0.352. The fourth-order valence-electron chi connectivity index (χ4n) is 7.34. The van der Waals surface area contributed by atoms with E-state index in [2.05, 4.69) is 37.1 Å². The van der Waals surface area contributed by atoms with E-state index in [0.29, 0.717) is 23.5 Å². The molecular weight excluding hydrogens is 432 g/mol. The van der Waals surface area contributed by atoms with Gasteiger partial charge in [-0.25, -0.2) is 4.68 Å². The molecule has 4 atom stereocenters. The number of phenolic OH excluding ortho intramolecular Hbond substituents is 1. The lowest BCUT2D eigenvalue weighted by atomic mass is 9.55. The number of nitrogens with zero attached hydrogens (tertiary/aromatic N) is 4. The Balaban J connectivity index is 1.24. The molecule has 0 saturated heterocycles. The molecule has 2 aromatic carbocycles. The van der Waals surface area contributed by atoms with E-state index in [1.807, 2.05) is 48.2 Å². The Hall–Kier alpha value is -3.21. The monoisotopic (exact) mass is 466 g/mol. The standard InChI is InChI=1S/C30H34N4O/c1-19-27(20(2)34(33-19)22-7-5-4-6-8-22)18-31-32-29-14-13-28-26-11-9-21-17-23(35)10-12-24(21)25(26)15-16-30(28,29)3/h4-8,10,12,17-18,25-26,28,35H,9,11,13-16H2,1-3H3/b31-18-,32-29-/t25-,26-,28-,30+/m1/s1. The first-order chi connectivity index (χ1) is 17.0. The molecule has 0 unspecified atom stereocenters. The zero-order valence-electron chi connectivity index (χ0n) is 20.9. The Kier molecular flexibility index (Phi) is 5.39. The van der Waals surface area contributed by atoms with Gasteiger partial charge in [0.25, 0.3) is 0 Å². The maximum atomic E-state index is 9.93. The number of aryl methyl sites for hydroxylation is 2. The number of aromatic hydroxyl groups is 1. The molecule has 5 nitrogen and oxygen atoms in total. The summed E-state index contributed by atoms with van der Waals surface area (Å²) >= 11 is 0. The van der Waals surface area contributed by atoms with Crippen LogP contribution in [0.2, 0.25) is 0 Å². The maximum absolute atomic E-state index is 9.93. The van der Waals surface area contributed by atoms with Gasteiger partial charge in [0.05, 0.1) is 23.3 Å². The predicted molar refractivity (Wildman–Crippen MR) is 141 cm³/mol. The third kappa shape index (κ3) is 3.64. The van der Waals surface area contributed by atoms with Gasteiger partial charge in [-0.1, -0.05) is 31.2 Å². The van der Waals surface area contributed by atoms with E-state index in [9.17, 15) is 5.11 Å². The number of fused-ring (bicyclic) bond motifs is 5. The summed E-state index contributed by atoms with van der Waals surface area (Å²) < 4.78 is 1.98. The van der Waals surface area contributed by atoms with Crippen molar-refractivity contribution in [3.05, 3.63) is 76.6 Å². The third-order valence-corrected chi connectivity index (χ3v) is 9.16. The van der Waals surface area contributed by atoms with Gasteiger partial charge in [0.2, 0.25) is 0 Å². The highest BCUT2D eigenvalue weighted by Gasteiger charge is 2.53. The van der Waals surface area contributed by atoms with Crippen LogP contribution in [-0.4, -0.2) is 26.8 Å². The number of rotatable bonds is 3. The lowest BCUT2D eigenvalue weighted by molar-refractivity contribution is 0.0955. The second kappa shape index (κ2) is 8.47. The van der Waals surface area contributed by atoms with Crippen LogP contribution >= 0.6 is 0 Å². The molecule has 3 aliphatic rings. The zero-order valence-corrected chi connectivity index (χ0v) is 20.9. The molecule has 0 aliphatic heterocycles. The minimum atomic E-state index is 0.144. The molecule has 3 aliphatic carbocycles. The van der Waals surface area contributed by atoms with E-state index in [1.165, 1.54) is 36.1 Å². The highest BCUT2D eigenvalue weighted by atomic mass is 16.3. The minimum absolute atomic E-state index is 0.144. The van der Waals surface area contributed by atoms with E-state index in [1.54, 1.807) is 0 Å². The van der Waals surface area contributed by atoms with Gasteiger partial charge in [0.1, 0.15) is 5.75 Å². The van der Waals surface area contributed by atoms with Crippen molar-refractivity contribution in [3.8, 4) is 11.4 Å². The van der Waals surface area contributed by atoms with E-state index < -0.39 is 0 Å². The van der Waals surface area contributed by atoms with Crippen molar-refractivity contribution in [3.63, 3.8) is 0 Å². The Morgan fingerprint density at radius 2 is 1.89 bits per heavy atom. The van der Waals surface area contributed by atoms with Crippen LogP contribution in [0.5, 0.6) is 5.75 Å². The average molecular weight is 467 g/mol. The molecule has 0 radical (unpaired) electrons. The van der Waals surface area contributed by atoms with Gasteiger partial charge >= 0.3 is 0 Å². The van der Waals surface area contributed by atoms with E-state index in [-0.39, 0.29) is 5.41 Å². The van der Waals surface area contributed by atoms with Crippen LogP contribution in [-0.2, 0) is 6.42 Å². The second-order valence-corrected chi connectivity index (χ2v) is 10.9. The molecule has 0 spiro atoms. The normalized spacial score (nSPS) is 28.8. The number of hydrogen-bond acceptors (Lipinski definition) is 4. The van der Waals surface area contributed by atoms with Crippen LogP contribution in [0.25, 0.3) is 5.69 Å². The Labute approximate surface area is 207 Å². The van der Waals surface area contributed by atoms with Crippen molar-refractivity contribution >= 4 is 11.9 Å². The van der Waals surface area contributed by atoms with E-state index >= 15 is 0 Å². The molecule has 180 valence electrons. The lowest BCUT2D eigenvalue weighted by Gasteiger charge is -2.49. The van der Waals surface area contributed by atoms with Crippen molar-refractivity contribution in [2.75, 3.05) is 0 Å². The van der Waals surface area contributed by atoms with Crippen molar-refractivity contribution < 1.29 is 5.11 Å². The van der Waals surface area contributed by atoms with Crippen LogP contribution < -0.4 is 0 Å². The molecule has 0 bridgehead atoms. The van der Waals surface area contributed by atoms with Gasteiger partial charge in [-0.2, -0.15) is 15.3 Å².